The van der Waals surface area contributed by atoms with Crippen molar-refractivity contribution in [2.45, 2.75) is 11.8 Å². The fourth-order valence-electron chi connectivity index (χ4n) is 1.92. The van der Waals surface area contributed by atoms with Gasteiger partial charge in [-0.25, -0.2) is 8.42 Å². The zero-order valence-electron chi connectivity index (χ0n) is 10.5. The minimum Gasteiger partial charge on any atom is -0.545 e. The van der Waals surface area contributed by atoms with Crippen LogP contribution in [0.3, 0.4) is 0 Å². The van der Waals surface area contributed by atoms with Crippen LogP contribution in [0.15, 0.2) is 23.1 Å². The molecule has 0 amide bonds. The van der Waals surface area contributed by atoms with Gasteiger partial charge in [0.05, 0.1) is 24.1 Å². The zero-order valence-corrected chi connectivity index (χ0v) is 11.3. The maximum atomic E-state index is 12.3. The molecule has 1 aliphatic heterocycles. The summed E-state index contributed by atoms with van der Waals surface area (Å²) < 4.78 is 31.1. The van der Waals surface area contributed by atoms with E-state index in [0.717, 1.165) is 6.07 Å². The minimum atomic E-state index is -3.67. The Morgan fingerprint density at radius 3 is 2.53 bits per heavy atom. The number of nitrogens with zero attached hydrogens (tertiary/aromatic N) is 1. The second-order valence-electron chi connectivity index (χ2n) is 4.28. The number of sulfonamides is 1. The maximum absolute atomic E-state index is 12.3. The fraction of sp³-hybridized carbons (Fsp3) is 0.417. The van der Waals surface area contributed by atoms with Gasteiger partial charge in [0.2, 0.25) is 10.0 Å². The highest BCUT2D eigenvalue weighted by atomic mass is 32.2. The minimum absolute atomic E-state index is 0.0285. The predicted octanol–water partition coefficient (Wildman–Crippen LogP) is -0.621. The van der Waals surface area contributed by atoms with E-state index in [2.05, 4.69) is 0 Å². The molecule has 0 aliphatic carbocycles. The average molecular weight is 284 g/mol. The lowest BCUT2D eigenvalue weighted by molar-refractivity contribution is -0.255. The molecule has 1 heterocycles. The lowest BCUT2D eigenvalue weighted by Gasteiger charge is -2.26. The van der Waals surface area contributed by atoms with Gasteiger partial charge < -0.3 is 14.6 Å². The second-order valence-corrected chi connectivity index (χ2v) is 6.22. The van der Waals surface area contributed by atoms with Gasteiger partial charge in [0.15, 0.2) is 0 Å². The molecule has 104 valence electrons. The molecule has 2 rings (SSSR count). The molecule has 0 bridgehead atoms. The largest absolute Gasteiger partial charge is 0.545 e. The highest BCUT2D eigenvalue weighted by molar-refractivity contribution is 7.89. The quantitative estimate of drug-likeness (QED) is 0.738. The van der Waals surface area contributed by atoms with Crippen LogP contribution in [0, 0.1) is 6.92 Å². The molecule has 1 aromatic rings. The summed E-state index contributed by atoms with van der Waals surface area (Å²) in [7, 11) is -3.67. The Labute approximate surface area is 111 Å². The normalized spacial score (nSPS) is 17.3. The first-order valence-corrected chi connectivity index (χ1v) is 7.27. The SMILES string of the molecule is Cc1ccc(S(=O)(=O)N2CCOCC2)cc1C(=O)[O-]. The number of carboxylic acids is 1. The van der Waals surface area contributed by atoms with Gasteiger partial charge in [-0.3, -0.25) is 0 Å². The summed E-state index contributed by atoms with van der Waals surface area (Å²) in [5.41, 5.74) is 0.371. The van der Waals surface area contributed by atoms with Crippen LogP contribution in [0.5, 0.6) is 0 Å². The Balaban J connectivity index is 2.40. The summed E-state index contributed by atoms with van der Waals surface area (Å²) in [4.78, 5) is 10.9. The van der Waals surface area contributed by atoms with E-state index in [1.807, 2.05) is 0 Å². The number of carbonyl (C=O) groups excluding carboxylic acids is 1. The number of carbonyl (C=O) groups is 1. The number of aryl methyl sites for hydroxylation is 1. The molecule has 7 heteroatoms. The van der Waals surface area contributed by atoms with E-state index in [1.54, 1.807) is 6.92 Å². The van der Waals surface area contributed by atoms with Gasteiger partial charge in [-0.1, -0.05) is 6.07 Å². The molecular formula is C12H14NO5S-. The number of ether oxygens (including phenoxy) is 1. The highest BCUT2D eigenvalue weighted by Crippen LogP contribution is 2.20. The molecule has 0 radical (unpaired) electrons. The van der Waals surface area contributed by atoms with Crippen molar-refractivity contribution in [3.8, 4) is 0 Å². The summed E-state index contributed by atoms with van der Waals surface area (Å²) >= 11 is 0. The van der Waals surface area contributed by atoms with Crippen LogP contribution in [-0.2, 0) is 14.8 Å². The smallest absolute Gasteiger partial charge is 0.243 e. The van der Waals surface area contributed by atoms with Crippen molar-refractivity contribution < 1.29 is 23.1 Å². The Hall–Kier alpha value is -1.44. The van der Waals surface area contributed by atoms with E-state index >= 15 is 0 Å². The van der Waals surface area contributed by atoms with Gasteiger partial charge in [0.1, 0.15) is 0 Å². The van der Waals surface area contributed by atoms with Gasteiger partial charge >= 0.3 is 0 Å². The van der Waals surface area contributed by atoms with Gasteiger partial charge in [-0.2, -0.15) is 4.31 Å². The molecule has 1 aliphatic rings. The van der Waals surface area contributed by atoms with E-state index in [9.17, 15) is 18.3 Å². The lowest BCUT2D eigenvalue weighted by Crippen LogP contribution is -2.40. The first kappa shape index (κ1) is 14.0. The van der Waals surface area contributed by atoms with Gasteiger partial charge in [-0.05, 0) is 24.6 Å². The molecule has 1 fully saturated rings. The third-order valence-corrected chi connectivity index (χ3v) is 4.93. The van der Waals surface area contributed by atoms with Crippen molar-refractivity contribution in [2.75, 3.05) is 26.3 Å². The molecule has 19 heavy (non-hydrogen) atoms. The molecule has 6 nitrogen and oxygen atoms in total. The topological polar surface area (TPSA) is 86.7 Å². The standard InChI is InChI=1S/C12H15NO5S/c1-9-2-3-10(8-11(9)12(14)15)19(16,17)13-4-6-18-7-5-13/h2-3,8H,4-7H2,1H3,(H,14,15)/p-1. The number of benzene rings is 1. The Bertz CT molecular complexity index is 590. The zero-order chi connectivity index (χ0) is 14.0. The molecule has 1 saturated heterocycles. The number of morpholine rings is 1. The van der Waals surface area contributed by atoms with Crippen LogP contribution in [0.2, 0.25) is 0 Å². The number of carboxylic acid groups (broad SMARTS) is 1. The molecule has 0 atom stereocenters. The van der Waals surface area contributed by atoms with Crippen molar-refractivity contribution in [1.29, 1.82) is 0 Å². The van der Waals surface area contributed by atoms with Gasteiger partial charge in [-0.15, -0.1) is 0 Å². The summed E-state index contributed by atoms with van der Waals surface area (Å²) in [6.07, 6.45) is 0. The van der Waals surface area contributed by atoms with Gasteiger partial charge in [0, 0.05) is 18.7 Å². The molecule has 0 N–H and O–H groups in total. The number of hydrogen-bond donors (Lipinski definition) is 0. The van der Waals surface area contributed by atoms with Crippen molar-refractivity contribution in [3.63, 3.8) is 0 Å². The summed E-state index contributed by atoms with van der Waals surface area (Å²) in [5, 5.41) is 10.9. The molecule has 0 saturated carbocycles. The van der Waals surface area contributed by atoms with Crippen LogP contribution in [0.4, 0.5) is 0 Å². The molecule has 0 aromatic heterocycles. The predicted molar refractivity (Wildman–Crippen MR) is 65.1 cm³/mol. The van der Waals surface area contributed by atoms with Crippen LogP contribution in [0.25, 0.3) is 0 Å². The van der Waals surface area contributed by atoms with Gasteiger partial charge in [0.25, 0.3) is 0 Å². The van der Waals surface area contributed by atoms with Crippen molar-refractivity contribution in [3.05, 3.63) is 29.3 Å². The summed E-state index contributed by atoms with van der Waals surface area (Å²) in [6.45, 7) is 2.83. The second kappa shape index (κ2) is 5.28. The molecule has 0 unspecified atom stereocenters. The molecule has 0 spiro atoms. The van der Waals surface area contributed by atoms with Crippen LogP contribution >= 0.6 is 0 Å². The Morgan fingerprint density at radius 2 is 1.95 bits per heavy atom. The van der Waals surface area contributed by atoms with E-state index < -0.39 is 16.0 Å². The average Bonchev–Trinajstić information content (AvgIpc) is 2.39. The number of rotatable bonds is 3. The Morgan fingerprint density at radius 1 is 1.32 bits per heavy atom. The van der Waals surface area contributed by atoms with Crippen molar-refractivity contribution >= 4 is 16.0 Å². The van der Waals surface area contributed by atoms with E-state index in [4.69, 9.17) is 4.74 Å². The van der Waals surface area contributed by atoms with Crippen LogP contribution < -0.4 is 5.11 Å². The fourth-order valence-corrected chi connectivity index (χ4v) is 3.35. The maximum Gasteiger partial charge on any atom is 0.243 e. The van der Waals surface area contributed by atoms with Crippen LogP contribution in [0.1, 0.15) is 15.9 Å². The summed E-state index contributed by atoms with van der Waals surface area (Å²) in [5.74, 6) is -1.38. The third-order valence-electron chi connectivity index (χ3n) is 3.04. The van der Waals surface area contributed by atoms with Crippen molar-refractivity contribution in [1.82, 2.24) is 4.31 Å². The van der Waals surface area contributed by atoms with E-state index in [0.29, 0.717) is 18.8 Å². The first-order valence-electron chi connectivity index (χ1n) is 5.83. The number of aromatic carboxylic acids is 1. The molecular weight excluding hydrogens is 270 g/mol. The third kappa shape index (κ3) is 2.78. The van der Waals surface area contributed by atoms with E-state index in [1.165, 1.54) is 16.4 Å². The number of hydrogen-bond acceptors (Lipinski definition) is 5. The highest BCUT2D eigenvalue weighted by Gasteiger charge is 2.26. The van der Waals surface area contributed by atoms with Crippen LogP contribution in [-0.4, -0.2) is 45.0 Å². The molecule has 1 aromatic carbocycles. The Kier molecular flexibility index (Phi) is 3.88. The van der Waals surface area contributed by atoms with Crippen molar-refractivity contribution in [2.24, 2.45) is 0 Å². The van der Waals surface area contributed by atoms with E-state index in [-0.39, 0.29) is 23.5 Å². The lowest BCUT2D eigenvalue weighted by atomic mass is 10.1. The first-order chi connectivity index (χ1) is 8.93. The monoisotopic (exact) mass is 284 g/mol. The summed E-state index contributed by atoms with van der Waals surface area (Å²) in [6, 6.07) is 4.03.